The van der Waals surface area contributed by atoms with E-state index in [1.54, 1.807) is 4.90 Å². The van der Waals surface area contributed by atoms with Crippen LogP contribution in [0.25, 0.3) is 0 Å². The molecule has 1 N–H and O–H groups in total. The van der Waals surface area contributed by atoms with Crippen molar-refractivity contribution in [3.63, 3.8) is 0 Å². The highest BCUT2D eigenvalue weighted by Gasteiger charge is 2.20. The largest absolute Gasteiger partial charge is 0.370 e. The summed E-state index contributed by atoms with van der Waals surface area (Å²) in [7, 11) is 1.84. The molecule has 98 valence electrons. The van der Waals surface area contributed by atoms with Crippen molar-refractivity contribution >= 4 is 17.5 Å². The maximum absolute atomic E-state index is 11.8. The molecule has 0 spiro atoms. The summed E-state index contributed by atoms with van der Waals surface area (Å²) >= 11 is 0. The summed E-state index contributed by atoms with van der Waals surface area (Å²) in [5.74, 6) is 1.74. The molecule has 0 unspecified atom stereocenters. The van der Waals surface area contributed by atoms with Gasteiger partial charge in [0, 0.05) is 32.7 Å². The minimum absolute atomic E-state index is 0.135. The van der Waals surface area contributed by atoms with Gasteiger partial charge in [-0.3, -0.25) is 4.79 Å². The van der Waals surface area contributed by atoms with Gasteiger partial charge < -0.3 is 15.1 Å². The third-order valence-corrected chi connectivity index (χ3v) is 3.01. The van der Waals surface area contributed by atoms with Crippen LogP contribution in [0, 0.1) is 0 Å². The van der Waals surface area contributed by atoms with Crippen molar-refractivity contribution in [2.75, 3.05) is 43.4 Å². The van der Waals surface area contributed by atoms with E-state index < -0.39 is 0 Å². The number of amides is 1. The van der Waals surface area contributed by atoms with E-state index in [1.807, 2.05) is 24.9 Å². The Hall–Kier alpha value is -1.85. The second-order valence-corrected chi connectivity index (χ2v) is 4.38. The topological polar surface area (TPSA) is 61.4 Å². The van der Waals surface area contributed by atoms with Gasteiger partial charge in [0.05, 0.1) is 6.54 Å². The van der Waals surface area contributed by atoms with E-state index in [-0.39, 0.29) is 5.91 Å². The molecule has 0 radical (unpaired) electrons. The number of nitrogens with one attached hydrogen (secondary N) is 1. The SMILES string of the molecule is CCNc1cc(N2CCCN(C)C(=O)C2)ncn1. The third-order valence-electron chi connectivity index (χ3n) is 3.01. The number of nitrogens with zero attached hydrogens (tertiary/aromatic N) is 4. The van der Waals surface area contributed by atoms with Crippen molar-refractivity contribution < 1.29 is 4.79 Å². The van der Waals surface area contributed by atoms with Gasteiger partial charge in [0.15, 0.2) is 0 Å². The monoisotopic (exact) mass is 249 g/mol. The molecule has 2 heterocycles. The second-order valence-electron chi connectivity index (χ2n) is 4.38. The lowest BCUT2D eigenvalue weighted by Crippen LogP contribution is -2.34. The van der Waals surface area contributed by atoms with Crippen LogP contribution in [0.3, 0.4) is 0 Å². The molecule has 0 saturated carbocycles. The van der Waals surface area contributed by atoms with Gasteiger partial charge >= 0.3 is 0 Å². The fourth-order valence-corrected chi connectivity index (χ4v) is 1.98. The third kappa shape index (κ3) is 2.88. The van der Waals surface area contributed by atoms with Crippen LogP contribution in [-0.4, -0.2) is 54.0 Å². The molecule has 1 aliphatic heterocycles. The van der Waals surface area contributed by atoms with Crippen molar-refractivity contribution in [1.82, 2.24) is 14.9 Å². The maximum Gasteiger partial charge on any atom is 0.241 e. The number of carbonyl (C=O) groups excluding carboxylic acids is 1. The van der Waals surface area contributed by atoms with Gasteiger partial charge in [-0.2, -0.15) is 0 Å². The molecule has 2 rings (SSSR count). The first-order valence-electron chi connectivity index (χ1n) is 6.25. The number of anilines is 2. The lowest BCUT2D eigenvalue weighted by Gasteiger charge is -2.20. The summed E-state index contributed by atoms with van der Waals surface area (Å²) in [4.78, 5) is 24.0. The molecule has 1 aliphatic rings. The molecular formula is C12H19N5O. The van der Waals surface area contributed by atoms with E-state index in [2.05, 4.69) is 15.3 Å². The Labute approximate surface area is 107 Å². The van der Waals surface area contributed by atoms with Crippen LogP contribution in [0.5, 0.6) is 0 Å². The minimum Gasteiger partial charge on any atom is -0.370 e. The van der Waals surface area contributed by atoms with Gasteiger partial charge in [0.1, 0.15) is 18.0 Å². The number of hydrogen-bond donors (Lipinski definition) is 1. The Morgan fingerprint density at radius 2 is 2.22 bits per heavy atom. The van der Waals surface area contributed by atoms with Crippen LogP contribution in [0.2, 0.25) is 0 Å². The molecule has 1 saturated heterocycles. The molecule has 6 heteroatoms. The van der Waals surface area contributed by atoms with Crippen LogP contribution < -0.4 is 10.2 Å². The summed E-state index contributed by atoms with van der Waals surface area (Å²) in [6.07, 6.45) is 2.50. The Morgan fingerprint density at radius 3 is 3.00 bits per heavy atom. The zero-order chi connectivity index (χ0) is 13.0. The smallest absolute Gasteiger partial charge is 0.241 e. The second kappa shape index (κ2) is 5.66. The number of likely N-dealkylation sites (N-methyl/N-ethyl adjacent to an activating group) is 1. The molecule has 0 bridgehead atoms. The van der Waals surface area contributed by atoms with Crippen molar-refractivity contribution in [2.24, 2.45) is 0 Å². The van der Waals surface area contributed by atoms with E-state index >= 15 is 0 Å². The fraction of sp³-hybridized carbons (Fsp3) is 0.583. The Bertz CT molecular complexity index is 423. The Morgan fingerprint density at radius 1 is 1.39 bits per heavy atom. The van der Waals surface area contributed by atoms with E-state index in [9.17, 15) is 4.79 Å². The summed E-state index contributed by atoms with van der Waals surface area (Å²) in [5.41, 5.74) is 0. The van der Waals surface area contributed by atoms with E-state index in [0.29, 0.717) is 6.54 Å². The molecule has 1 amide bonds. The summed E-state index contributed by atoms with van der Waals surface area (Å²) in [6.45, 7) is 4.88. The molecule has 0 aromatic carbocycles. The van der Waals surface area contributed by atoms with Crippen molar-refractivity contribution in [2.45, 2.75) is 13.3 Å². The van der Waals surface area contributed by atoms with Crippen molar-refractivity contribution in [3.05, 3.63) is 12.4 Å². The lowest BCUT2D eigenvalue weighted by atomic mass is 10.3. The average Bonchev–Trinajstić information content (AvgIpc) is 2.53. The number of rotatable bonds is 3. The molecule has 1 aromatic rings. The maximum atomic E-state index is 11.8. The van der Waals surface area contributed by atoms with Crippen LogP contribution >= 0.6 is 0 Å². The highest BCUT2D eigenvalue weighted by atomic mass is 16.2. The lowest BCUT2D eigenvalue weighted by molar-refractivity contribution is -0.127. The predicted molar refractivity (Wildman–Crippen MR) is 70.7 cm³/mol. The molecular weight excluding hydrogens is 230 g/mol. The number of carbonyl (C=O) groups is 1. The normalized spacial score (nSPS) is 16.7. The van der Waals surface area contributed by atoms with Crippen LogP contribution in [-0.2, 0) is 4.79 Å². The first-order valence-corrected chi connectivity index (χ1v) is 6.25. The fourth-order valence-electron chi connectivity index (χ4n) is 1.98. The van der Waals surface area contributed by atoms with Crippen molar-refractivity contribution in [1.29, 1.82) is 0 Å². The summed E-state index contributed by atoms with van der Waals surface area (Å²) < 4.78 is 0. The molecule has 1 fully saturated rings. The Kier molecular flexibility index (Phi) is 3.96. The average molecular weight is 249 g/mol. The highest BCUT2D eigenvalue weighted by Crippen LogP contribution is 2.16. The van der Waals surface area contributed by atoms with E-state index in [1.165, 1.54) is 6.33 Å². The molecule has 6 nitrogen and oxygen atoms in total. The first kappa shape index (κ1) is 12.6. The summed E-state index contributed by atoms with van der Waals surface area (Å²) in [6, 6.07) is 1.89. The first-order chi connectivity index (χ1) is 8.70. The van der Waals surface area contributed by atoms with Crippen LogP contribution in [0.1, 0.15) is 13.3 Å². The zero-order valence-corrected chi connectivity index (χ0v) is 10.9. The van der Waals surface area contributed by atoms with Gasteiger partial charge in [0.25, 0.3) is 0 Å². The van der Waals surface area contributed by atoms with Gasteiger partial charge in [0.2, 0.25) is 5.91 Å². The van der Waals surface area contributed by atoms with Gasteiger partial charge in [-0.1, -0.05) is 0 Å². The summed E-state index contributed by atoms with van der Waals surface area (Å²) in [5, 5.41) is 3.15. The van der Waals surface area contributed by atoms with Gasteiger partial charge in [-0.25, -0.2) is 9.97 Å². The van der Waals surface area contributed by atoms with Crippen LogP contribution in [0.15, 0.2) is 12.4 Å². The van der Waals surface area contributed by atoms with E-state index in [4.69, 9.17) is 0 Å². The predicted octanol–water partition coefficient (Wildman–Crippen LogP) is 0.577. The quantitative estimate of drug-likeness (QED) is 0.849. The minimum atomic E-state index is 0.135. The Balaban J connectivity index is 2.14. The molecule has 0 aliphatic carbocycles. The van der Waals surface area contributed by atoms with Gasteiger partial charge in [-0.05, 0) is 13.3 Å². The molecule has 0 atom stereocenters. The zero-order valence-electron chi connectivity index (χ0n) is 10.9. The van der Waals surface area contributed by atoms with Crippen molar-refractivity contribution in [3.8, 4) is 0 Å². The van der Waals surface area contributed by atoms with E-state index in [0.717, 1.165) is 37.7 Å². The highest BCUT2D eigenvalue weighted by molar-refractivity contribution is 5.81. The number of aromatic nitrogens is 2. The standard InChI is InChI=1S/C12H19N5O/c1-3-13-10-7-11(15-9-14-10)17-6-4-5-16(2)12(18)8-17/h7,9H,3-6,8H2,1-2H3,(H,13,14,15). The molecule has 1 aromatic heterocycles. The molecule has 18 heavy (non-hydrogen) atoms. The number of hydrogen-bond acceptors (Lipinski definition) is 5. The van der Waals surface area contributed by atoms with Gasteiger partial charge in [-0.15, -0.1) is 0 Å². The van der Waals surface area contributed by atoms with Crippen LogP contribution in [0.4, 0.5) is 11.6 Å².